The predicted octanol–water partition coefficient (Wildman–Crippen LogP) is -0.855. The number of carboxylic acid groups (broad SMARTS) is 1. The number of nitrogens with one attached hydrogen (secondary N) is 3. The molecule has 1 unspecified atom stereocenters. The van der Waals surface area contributed by atoms with Crippen molar-refractivity contribution in [2.45, 2.75) is 37.8 Å². The molecular formula is C9H18N4O3. The first kappa shape index (κ1) is 12.7. The predicted molar refractivity (Wildman–Crippen MR) is 57.5 cm³/mol. The number of urea groups is 1. The molecule has 0 heterocycles. The van der Waals surface area contributed by atoms with Crippen molar-refractivity contribution in [3.05, 3.63) is 0 Å². The lowest BCUT2D eigenvalue weighted by Crippen LogP contribution is -2.45. The summed E-state index contributed by atoms with van der Waals surface area (Å²) in [6.45, 7) is 0.499. The minimum atomic E-state index is -1.00. The Bertz CT molecular complexity index is 255. The molecule has 6 N–H and O–H groups in total. The lowest BCUT2D eigenvalue weighted by Gasteiger charge is -2.09. The summed E-state index contributed by atoms with van der Waals surface area (Å²) in [7, 11) is 0. The van der Waals surface area contributed by atoms with Crippen molar-refractivity contribution in [1.82, 2.24) is 16.2 Å². The summed E-state index contributed by atoms with van der Waals surface area (Å²) in [5.74, 6) is -1.00. The van der Waals surface area contributed by atoms with Crippen LogP contribution < -0.4 is 21.9 Å². The Morgan fingerprint density at radius 2 is 2.12 bits per heavy atom. The molecule has 0 aromatic carbocycles. The second-order valence-electron chi connectivity index (χ2n) is 3.89. The van der Waals surface area contributed by atoms with Crippen LogP contribution in [-0.2, 0) is 4.79 Å². The van der Waals surface area contributed by atoms with Gasteiger partial charge < -0.3 is 16.2 Å². The average molecular weight is 230 g/mol. The normalized spacial score (nSPS) is 16.6. The number of nitrogens with two attached hydrogens (primary N) is 1. The molecule has 1 aliphatic carbocycles. The summed E-state index contributed by atoms with van der Waals surface area (Å²) in [5, 5.41) is 11.2. The van der Waals surface area contributed by atoms with Gasteiger partial charge in [-0.05, 0) is 25.7 Å². The fourth-order valence-corrected chi connectivity index (χ4v) is 1.13. The minimum Gasteiger partial charge on any atom is -0.480 e. The van der Waals surface area contributed by atoms with Crippen LogP contribution in [0, 0.1) is 0 Å². The Morgan fingerprint density at radius 1 is 1.44 bits per heavy atom. The summed E-state index contributed by atoms with van der Waals surface area (Å²) in [6, 6.07) is -0.755. The fourth-order valence-electron chi connectivity index (χ4n) is 1.13. The molecule has 1 saturated carbocycles. The van der Waals surface area contributed by atoms with E-state index < -0.39 is 12.0 Å². The number of hydrogen-bond acceptors (Lipinski definition) is 4. The summed E-state index contributed by atoms with van der Waals surface area (Å²) < 4.78 is 0. The van der Waals surface area contributed by atoms with Crippen molar-refractivity contribution in [2.75, 3.05) is 6.54 Å². The molecule has 7 heteroatoms. The molecule has 1 rings (SSSR count). The highest BCUT2D eigenvalue weighted by Crippen LogP contribution is 2.17. The van der Waals surface area contributed by atoms with Crippen molar-refractivity contribution in [1.29, 1.82) is 0 Å². The first-order chi connectivity index (χ1) is 7.59. The number of rotatable bonds is 7. The van der Waals surface area contributed by atoms with Gasteiger partial charge in [-0.3, -0.25) is 10.2 Å². The van der Waals surface area contributed by atoms with E-state index in [9.17, 15) is 9.59 Å². The number of amides is 2. The van der Waals surface area contributed by atoms with E-state index >= 15 is 0 Å². The summed E-state index contributed by atoms with van der Waals surface area (Å²) in [4.78, 5) is 21.5. The van der Waals surface area contributed by atoms with Gasteiger partial charge in [0.1, 0.15) is 6.04 Å². The van der Waals surface area contributed by atoms with Crippen LogP contribution in [0.15, 0.2) is 0 Å². The number of carboxylic acids is 1. The van der Waals surface area contributed by atoms with E-state index in [4.69, 9.17) is 10.8 Å². The summed E-state index contributed by atoms with van der Waals surface area (Å²) in [6.07, 6.45) is 3.06. The van der Waals surface area contributed by atoms with Gasteiger partial charge in [-0.1, -0.05) is 0 Å². The SMILES string of the molecule is NC(CCCNNC(=O)NC1CC1)C(=O)O. The van der Waals surface area contributed by atoms with Crippen LogP contribution in [0.1, 0.15) is 25.7 Å². The highest BCUT2D eigenvalue weighted by atomic mass is 16.4. The zero-order valence-electron chi connectivity index (χ0n) is 9.03. The van der Waals surface area contributed by atoms with E-state index in [2.05, 4.69) is 16.2 Å². The lowest BCUT2D eigenvalue weighted by atomic mass is 10.2. The monoisotopic (exact) mass is 230 g/mol. The Labute approximate surface area is 93.7 Å². The molecule has 1 atom stereocenters. The van der Waals surface area contributed by atoms with Crippen molar-refractivity contribution >= 4 is 12.0 Å². The number of hydrogen-bond donors (Lipinski definition) is 5. The van der Waals surface area contributed by atoms with Crippen LogP contribution in [0.2, 0.25) is 0 Å². The first-order valence-corrected chi connectivity index (χ1v) is 5.37. The molecule has 0 aromatic heterocycles. The second kappa shape index (κ2) is 6.29. The average Bonchev–Trinajstić information content (AvgIpc) is 3.00. The van der Waals surface area contributed by atoms with Gasteiger partial charge in [-0.25, -0.2) is 10.2 Å². The van der Waals surface area contributed by atoms with Crippen molar-refractivity contribution in [3.8, 4) is 0 Å². The lowest BCUT2D eigenvalue weighted by molar-refractivity contribution is -0.138. The maximum atomic E-state index is 11.1. The molecule has 0 aliphatic heterocycles. The molecule has 0 bridgehead atoms. The number of carbonyl (C=O) groups excluding carboxylic acids is 1. The number of hydrazine groups is 1. The zero-order chi connectivity index (χ0) is 12.0. The van der Waals surface area contributed by atoms with E-state index in [1.165, 1.54) is 0 Å². The highest BCUT2D eigenvalue weighted by Gasteiger charge is 2.22. The van der Waals surface area contributed by atoms with Crippen molar-refractivity contribution < 1.29 is 14.7 Å². The van der Waals surface area contributed by atoms with Crippen LogP contribution in [-0.4, -0.2) is 35.7 Å². The van der Waals surface area contributed by atoms with Gasteiger partial charge in [0, 0.05) is 12.6 Å². The molecule has 0 saturated heterocycles. The quantitative estimate of drug-likeness (QED) is 0.288. The second-order valence-corrected chi connectivity index (χ2v) is 3.89. The topological polar surface area (TPSA) is 116 Å². The van der Waals surface area contributed by atoms with Gasteiger partial charge in [0.25, 0.3) is 0 Å². The summed E-state index contributed by atoms with van der Waals surface area (Å²) in [5.41, 5.74) is 10.5. The summed E-state index contributed by atoms with van der Waals surface area (Å²) >= 11 is 0. The molecule has 1 aliphatic rings. The van der Waals surface area contributed by atoms with Crippen LogP contribution in [0.5, 0.6) is 0 Å². The van der Waals surface area contributed by atoms with Gasteiger partial charge in [-0.15, -0.1) is 0 Å². The van der Waals surface area contributed by atoms with Gasteiger partial charge in [0.2, 0.25) is 0 Å². The van der Waals surface area contributed by atoms with Crippen LogP contribution in [0.4, 0.5) is 4.79 Å². The molecule has 92 valence electrons. The largest absolute Gasteiger partial charge is 0.480 e. The van der Waals surface area contributed by atoms with E-state index in [-0.39, 0.29) is 6.03 Å². The maximum Gasteiger partial charge on any atom is 0.329 e. The Morgan fingerprint density at radius 3 is 2.69 bits per heavy atom. The number of carbonyl (C=O) groups is 2. The molecule has 1 fully saturated rings. The van der Waals surface area contributed by atoms with Gasteiger partial charge in [0.15, 0.2) is 0 Å². The van der Waals surface area contributed by atoms with Crippen LogP contribution >= 0.6 is 0 Å². The van der Waals surface area contributed by atoms with Gasteiger partial charge >= 0.3 is 12.0 Å². The first-order valence-electron chi connectivity index (χ1n) is 5.37. The number of aliphatic carboxylic acids is 1. The zero-order valence-corrected chi connectivity index (χ0v) is 9.03. The fraction of sp³-hybridized carbons (Fsp3) is 0.778. The molecule has 16 heavy (non-hydrogen) atoms. The van der Waals surface area contributed by atoms with Crippen molar-refractivity contribution in [3.63, 3.8) is 0 Å². The Kier molecular flexibility index (Phi) is 5.00. The van der Waals surface area contributed by atoms with E-state index in [0.717, 1.165) is 12.8 Å². The maximum absolute atomic E-state index is 11.1. The van der Waals surface area contributed by atoms with Gasteiger partial charge in [-0.2, -0.15) is 0 Å². The third-order valence-corrected chi connectivity index (χ3v) is 2.25. The molecule has 7 nitrogen and oxygen atoms in total. The Balaban J connectivity index is 1.90. The third kappa shape index (κ3) is 5.52. The van der Waals surface area contributed by atoms with E-state index in [0.29, 0.717) is 25.4 Å². The molecule has 2 amide bonds. The molecule has 0 aromatic rings. The van der Waals surface area contributed by atoms with Crippen molar-refractivity contribution in [2.24, 2.45) is 5.73 Å². The minimum absolute atomic E-state index is 0.245. The molecular weight excluding hydrogens is 212 g/mol. The van der Waals surface area contributed by atoms with E-state index in [1.807, 2.05) is 0 Å². The van der Waals surface area contributed by atoms with Crippen LogP contribution in [0.25, 0.3) is 0 Å². The van der Waals surface area contributed by atoms with E-state index in [1.54, 1.807) is 0 Å². The third-order valence-electron chi connectivity index (χ3n) is 2.25. The highest BCUT2D eigenvalue weighted by molar-refractivity contribution is 5.74. The molecule has 0 radical (unpaired) electrons. The van der Waals surface area contributed by atoms with Gasteiger partial charge in [0.05, 0.1) is 0 Å². The standard InChI is InChI=1S/C9H18N4O3/c10-7(8(14)15)2-1-5-11-13-9(16)12-6-3-4-6/h6-7,11H,1-5,10H2,(H,14,15)(H2,12,13,16). The Hall–Kier alpha value is -1.34. The smallest absolute Gasteiger partial charge is 0.329 e. The molecule has 0 spiro atoms. The van der Waals surface area contributed by atoms with Crippen LogP contribution in [0.3, 0.4) is 0 Å².